The van der Waals surface area contributed by atoms with Crippen LogP contribution in [-0.4, -0.2) is 18.4 Å². The fraction of sp³-hybridized carbons (Fsp3) is 0.364. The number of hydrogen-bond acceptors (Lipinski definition) is 3. The summed E-state index contributed by atoms with van der Waals surface area (Å²) in [4.78, 5) is 12.4. The van der Waals surface area contributed by atoms with Gasteiger partial charge >= 0.3 is 0 Å². The Labute approximate surface area is 149 Å². The van der Waals surface area contributed by atoms with Gasteiger partial charge in [-0.05, 0) is 42.5 Å². The predicted molar refractivity (Wildman–Crippen MR) is 100.0 cm³/mol. The highest BCUT2D eigenvalue weighted by molar-refractivity contribution is 5.84. The van der Waals surface area contributed by atoms with E-state index in [4.69, 9.17) is 0 Å². The molecule has 0 bridgehead atoms. The Morgan fingerprint density at radius 1 is 1.08 bits per heavy atom. The molecule has 25 heavy (non-hydrogen) atoms. The third-order valence-corrected chi connectivity index (χ3v) is 4.87. The summed E-state index contributed by atoms with van der Waals surface area (Å²) >= 11 is 0. The molecule has 1 heterocycles. The van der Waals surface area contributed by atoms with Crippen LogP contribution in [0.4, 0.5) is 0 Å². The van der Waals surface area contributed by atoms with Crippen molar-refractivity contribution in [2.75, 3.05) is 6.54 Å². The largest absolute Gasteiger partial charge is 0.307 e. The van der Waals surface area contributed by atoms with Crippen LogP contribution in [0.25, 0.3) is 11.1 Å². The van der Waals surface area contributed by atoms with Gasteiger partial charge in [0.2, 0.25) is 0 Å². The van der Waals surface area contributed by atoms with Crippen molar-refractivity contribution in [3.8, 4) is 17.2 Å². The van der Waals surface area contributed by atoms with Gasteiger partial charge in [0.25, 0.3) is 0 Å². The minimum Gasteiger partial charge on any atom is -0.307 e. The molecule has 1 saturated heterocycles. The maximum Gasteiger partial charge on any atom is 0.151 e. The van der Waals surface area contributed by atoms with Crippen molar-refractivity contribution in [2.24, 2.45) is 5.92 Å². The molecule has 1 aliphatic heterocycles. The van der Waals surface area contributed by atoms with Crippen LogP contribution in [0, 0.1) is 17.2 Å². The van der Waals surface area contributed by atoms with Gasteiger partial charge in [-0.2, -0.15) is 5.26 Å². The molecule has 0 amide bonds. The van der Waals surface area contributed by atoms with Crippen LogP contribution in [0.3, 0.4) is 0 Å². The van der Waals surface area contributed by atoms with E-state index < -0.39 is 0 Å². The molecule has 2 atom stereocenters. The molecule has 1 N–H and O–H groups in total. The van der Waals surface area contributed by atoms with Crippen LogP contribution in [0.2, 0.25) is 0 Å². The summed E-state index contributed by atoms with van der Waals surface area (Å²) < 4.78 is 0. The average Bonchev–Trinajstić information content (AvgIpc) is 2.69. The summed E-state index contributed by atoms with van der Waals surface area (Å²) in [6.45, 7) is 0.911. The Morgan fingerprint density at radius 2 is 1.80 bits per heavy atom. The smallest absolute Gasteiger partial charge is 0.151 e. The van der Waals surface area contributed by atoms with Crippen molar-refractivity contribution in [1.29, 1.82) is 5.26 Å². The summed E-state index contributed by atoms with van der Waals surface area (Å²) in [6.07, 6.45) is 4.11. The molecule has 1 aliphatic rings. The second-order valence-corrected chi connectivity index (χ2v) is 6.77. The summed E-state index contributed by atoms with van der Waals surface area (Å²) in [6, 6.07) is 20.8. The maximum absolute atomic E-state index is 12.4. The van der Waals surface area contributed by atoms with Crippen LogP contribution in [0.15, 0.2) is 54.6 Å². The van der Waals surface area contributed by atoms with E-state index in [2.05, 4.69) is 47.8 Å². The summed E-state index contributed by atoms with van der Waals surface area (Å²) in [5.41, 5.74) is 3.46. The first-order valence-corrected chi connectivity index (χ1v) is 9.06. The van der Waals surface area contributed by atoms with Crippen molar-refractivity contribution in [3.05, 3.63) is 60.2 Å². The summed E-state index contributed by atoms with van der Waals surface area (Å²) in [5, 5.41) is 12.7. The molecular formula is C22H24N2O. The highest BCUT2D eigenvalue weighted by Crippen LogP contribution is 2.21. The van der Waals surface area contributed by atoms with Gasteiger partial charge in [-0.3, -0.25) is 4.79 Å². The molecule has 0 unspecified atom stereocenters. The third-order valence-electron chi connectivity index (χ3n) is 4.87. The minimum absolute atomic E-state index is 0.0509. The number of carbonyl (C=O) groups is 1. The van der Waals surface area contributed by atoms with Crippen molar-refractivity contribution >= 4 is 5.78 Å². The SMILES string of the molecule is N#C[C@@H](CC(=O)[C@@H]1CCCCN1)Cc1ccc(-c2ccccc2)cc1. The van der Waals surface area contributed by atoms with Gasteiger partial charge in [-0.15, -0.1) is 0 Å². The molecule has 0 radical (unpaired) electrons. The number of nitrogens with zero attached hydrogens (tertiary/aromatic N) is 1. The van der Waals surface area contributed by atoms with Gasteiger partial charge in [0.05, 0.1) is 18.0 Å². The number of nitrogens with one attached hydrogen (secondary N) is 1. The Kier molecular flexibility index (Phi) is 5.98. The zero-order valence-electron chi connectivity index (χ0n) is 14.4. The van der Waals surface area contributed by atoms with Crippen molar-refractivity contribution in [1.82, 2.24) is 5.32 Å². The van der Waals surface area contributed by atoms with Crippen molar-refractivity contribution < 1.29 is 4.79 Å². The molecule has 0 spiro atoms. The number of Topliss-reactive ketones (excluding diaryl/α,β-unsaturated/α-hetero) is 1. The Hall–Kier alpha value is -2.44. The normalized spacial score (nSPS) is 18.3. The topological polar surface area (TPSA) is 52.9 Å². The second-order valence-electron chi connectivity index (χ2n) is 6.77. The molecule has 0 aliphatic carbocycles. The van der Waals surface area contributed by atoms with Gasteiger partial charge in [0, 0.05) is 6.42 Å². The molecule has 3 heteroatoms. The van der Waals surface area contributed by atoms with Crippen LogP contribution in [0.5, 0.6) is 0 Å². The first kappa shape index (κ1) is 17.4. The molecule has 1 fully saturated rings. The molecule has 128 valence electrons. The van der Waals surface area contributed by atoms with Crippen LogP contribution < -0.4 is 5.32 Å². The van der Waals surface area contributed by atoms with E-state index in [1.165, 1.54) is 11.1 Å². The average molecular weight is 332 g/mol. The van der Waals surface area contributed by atoms with E-state index in [-0.39, 0.29) is 17.7 Å². The highest BCUT2D eigenvalue weighted by Gasteiger charge is 2.23. The quantitative estimate of drug-likeness (QED) is 0.865. The maximum atomic E-state index is 12.4. The van der Waals surface area contributed by atoms with Crippen molar-refractivity contribution in [3.63, 3.8) is 0 Å². The van der Waals surface area contributed by atoms with Gasteiger partial charge in [-0.1, -0.05) is 61.0 Å². The van der Waals surface area contributed by atoms with Gasteiger partial charge in [0.15, 0.2) is 5.78 Å². The molecule has 2 aromatic carbocycles. The Bertz CT molecular complexity index is 725. The number of piperidine rings is 1. The standard InChI is InChI=1S/C22H24N2O/c23-16-18(15-22(25)21-8-4-5-13-24-21)14-17-9-11-20(12-10-17)19-6-2-1-3-7-19/h1-3,6-7,9-12,18,21,24H,4-5,8,13-15H2/t18-,21+/m1/s1. The monoisotopic (exact) mass is 332 g/mol. The Balaban J connectivity index is 1.60. The number of nitriles is 1. The lowest BCUT2D eigenvalue weighted by atomic mass is 9.90. The van der Waals surface area contributed by atoms with Gasteiger partial charge in [-0.25, -0.2) is 0 Å². The number of hydrogen-bond donors (Lipinski definition) is 1. The first-order chi connectivity index (χ1) is 12.3. The number of carbonyl (C=O) groups excluding carboxylic acids is 1. The van der Waals surface area contributed by atoms with Gasteiger partial charge in [0.1, 0.15) is 0 Å². The Morgan fingerprint density at radius 3 is 2.44 bits per heavy atom. The number of benzene rings is 2. The van der Waals surface area contributed by atoms with E-state index in [0.29, 0.717) is 12.8 Å². The predicted octanol–water partition coefficient (Wildman–Crippen LogP) is 4.14. The lowest BCUT2D eigenvalue weighted by molar-refractivity contribution is -0.122. The van der Waals surface area contributed by atoms with E-state index in [0.717, 1.165) is 31.4 Å². The molecule has 0 saturated carbocycles. The minimum atomic E-state index is -0.251. The third kappa shape index (κ3) is 4.78. The lowest BCUT2D eigenvalue weighted by Crippen LogP contribution is -2.41. The second kappa shape index (κ2) is 8.60. The van der Waals surface area contributed by atoms with E-state index in [1.54, 1.807) is 0 Å². The van der Waals surface area contributed by atoms with E-state index >= 15 is 0 Å². The van der Waals surface area contributed by atoms with Crippen LogP contribution in [-0.2, 0) is 11.2 Å². The summed E-state index contributed by atoms with van der Waals surface area (Å²) in [7, 11) is 0. The first-order valence-electron chi connectivity index (χ1n) is 9.06. The lowest BCUT2D eigenvalue weighted by Gasteiger charge is -2.23. The number of rotatable bonds is 6. The van der Waals surface area contributed by atoms with Crippen LogP contribution in [0.1, 0.15) is 31.2 Å². The summed E-state index contributed by atoms with van der Waals surface area (Å²) in [5.74, 6) is -0.0639. The fourth-order valence-corrected chi connectivity index (χ4v) is 3.42. The van der Waals surface area contributed by atoms with Gasteiger partial charge < -0.3 is 5.32 Å². The van der Waals surface area contributed by atoms with Crippen molar-refractivity contribution in [2.45, 2.75) is 38.1 Å². The molecule has 3 nitrogen and oxygen atoms in total. The number of ketones is 1. The van der Waals surface area contributed by atoms with E-state index in [9.17, 15) is 10.1 Å². The molecule has 0 aromatic heterocycles. The highest BCUT2D eigenvalue weighted by atomic mass is 16.1. The zero-order valence-corrected chi connectivity index (χ0v) is 14.4. The zero-order chi connectivity index (χ0) is 17.5. The fourth-order valence-electron chi connectivity index (χ4n) is 3.42. The molecule has 3 rings (SSSR count). The molecule has 2 aromatic rings. The van der Waals surface area contributed by atoms with Crippen LogP contribution >= 0.6 is 0 Å². The molecular weight excluding hydrogens is 308 g/mol. The van der Waals surface area contributed by atoms with E-state index in [1.807, 2.05) is 18.2 Å².